The van der Waals surface area contributed by atoms with Crippen molar-refractivity contribution in [1.29, 1.82) is 0 Å². The fraction of sp³-hybridized carbons (Fsp3) is 0.207. The van der Waals surface area contributed by atoms with Gasteiger partial charge in [-0.1, -0.05) is 24.3 Å². The van der Waals surface area contributed by atoms with E-state index in [4.69, 9.17) is 28.4 Å². The van der Waals surface area contributed by atoms with Crippen molar-refractivity contribution in [1.82, 2.24) is 15.0 Å². The van der Waals surface area contributed by atoms with Crippen LogP contribution in [0.5, 0.6) is 35.0 Å². The summed E-state index contributed by atoms with van der Waals surface area (Å²) in [6, 6.07) is 23.6. The van der Waals surface area contributed by atoms with Gasteiger partial charge in [0.1, 0.15) is 54.7 Å². The summed E-state index contributed by atoms with van der Waals surface area (Å²) in [6.07, 6.45) is 1.80. The number of hydrogen-bond acceptors (Lipinski definition) is 9. The SMILES string of the molecule is c1nc(Oc2ccc3cc(OCC4CO4)ccc3c2)nc(Oc2ccc3cc(OCC4CO4)ccc3c2)n1. The molecule has 0 saturated carbocycles. The van der Waals surface area contributed by atoms with Gasteiger partial charge in [-0.2, -0.15) is 9.97 Å². The fourth-order valence-corrected chi connectivity index (χ4v) is 3.99. The zero-order valence-corrected chi connectivity index (χ0v) is 20.3. The molecular formula is C29H23N3O6. The normalized spacial score (nSPS) is 17.8. The van der Waals surface area contributed by atoms with E-state index in [-0.39, 0.29) is 24.2 Å². The summed E-state index contributed by atoms with van der Waals surface area (Å²) in [5.41, 5.74) is 0. The van der Waals surface area contributed by atoms with Gasteiger partial charge in [-0.15, -0.1) is 4.98 Å². The number of benzene rings is 4. The molecule has 0 amide bonds. The Hall–Kier alpha value is -4.47. The van der Waals surface area contributed by atoms with Crippen molar-refractivity contribution in [2.24, 2.45) is 0 Å². The molecule has 2 saturated heterocycles. The number of hydrogen-bond donors (Lipinski definition) is 0. The molecule has 0 N–H and O–H groups in total. The Morgan fingerprint density at radius 1 is 0.579 bits per heavy atom. The molecule has 9 heteroatoms. The highest BCUT2D eigenvalue weighted by atomic mass is 16.6. The van der Waals surface area contributed by atoms with Crippen molar-refractivity contribution in [2.75, 3.05) is 26.4 Å². The van der Waals surface area contributed by atoms with Gasteiger partial charge in [0, 0.05) is 0 Å². The van der Waals surface area contributed by atoms with Gasteiger partial charge in [-0.25, -0.2) is 0 Å². The standard InChI is InChI=1S/C29H23N3O6/c1-5-22(33-13-26-15-35-26)9-18-3-7-24(11-20(1)18)37-28-30-17-31-29(32-28)38-25-8-4-19-10-23(6-2-21(19)12-25)34-14-27-16-36-27/h1-12,17,26-27H,13-16H2. The van der Waals surface area contributed by atoms with E-state index in [0.29, 0.717) is 24.7 Å². The molecule has 9 nitrogen and oxygen atoms in total. The molecular weight excluding hydrogens is 486 g/mol. The number of aromatic nitrogens is 3. The fourth-order valence-electron chi connectivity index (χ4n) is 3.99. The molecule has 38 heavy (non-hydrogen) atoms. The monoisotopic (exact) mass is 509 g/mol. The quantitative estimate of drug-likeness (QED) is 0.232. The van der Waals surface area contributed by atoms with Crippen LogP contribution in [0.1, 0.15) is 0 Å². The average molecular weight is 510 g/mol. The topological polar surface area (TPSA) is 101 Å². The Balaban J connectivity index is 1.02. The number of ether oxygens (including phenoxy) is 6. The Morgan fingerprint density at radius 2 is 0.974 bits per heavy atom. The van der Waals surface area contributed by atoms with Crippen LogP contribution in [0.15, 0.2) is 79.1 Å². The second kappa shape index (κ2) is 9.77. The minimum Gasteiger partial charge on any atom is -0.491 e. The highest BCUT2D eigenvalue weighted by molar-refractivity contribution is 5.86. The molecule has 2 unspecified atom stereocenters. The van der Waals surface area contributed by atoms with E-state index in [9.17, 15) is 0 Å². The van der Waals surface area contributed by atoms with Crippen LogP contribution in [0.4, 0.5) is 0 Å². The smallest absolute Gasteiger partial charge is 0.328 e. The molecule has 1 aromatic heterocycles. The van der Waals surface area contributed by atoms with Crippen molar-refractivity contribution >= 4 is 21.5 Å². The average Bonchev–Trinajstić information content (AvgIpc) is 3.86. The third-order valence-corrected chi connectivity index (χ3v) is 6.19. The summed E-state index contributed by atoms with van der Waals surface area (Å²) in [5.74, 6) is 2.83. The van der Waals surface area contributed by atoms with Crippen LogP contribution >= 0.6 is 0 Å². The maximum Gasteiger partial charge on any atom is 0.328 e. The lowest BCUT2D eigenvalue weighted by Crippen LogP contribution is -2.03. The minimum atomic E-state index is 0.140. The highest BCUT2D eigenvalue weighted by Gasteiger charge is 2.23. The lowest BCUT2D eigenvalue weighted by molar-refractivity contribution is 0.263. The molecule has 4 aromatic carbocycles. The molecule has 2 aliphatic heterocycles. The summed E-state index contributed by atoms with van der Waals surface area (Å²) < 4.78 is 33.7. The van der Waals surface area contributed by atoms with Gasteiger partial charge >= 0.3 is 12.0 Å². The van der Waals surface area contributed by atoms with E-state index >= 15 is 0 Å². The van der Waals surface area contributed by atoms with Crippen LogP contribution in [0.25, 0.3) is 21.5 Å². The van der Waals surface area contributed by atoms with E-state index in [0.717, 1.165) is 46.3 Å². The van der Waals surface area contributed by atoms with Crippen molar-refractivity contribution in [3.05, 3.63) is 79.1 Å². The van der Waals surface area contributed by atoms with Crippen molar-refractivity contribution in [3.8, 4) is 35.0 Å². The maximum absolute atomic E-state index is 5.90. The van der Waals surface area contributed by atoms with Gasteiger partial charge in [0.15, 0.2) is 0 Å². The molecule has 3 heterocycles. The minimum absolute atomic E-state index is 0.140. The molecule has 2 atom stereocenters. The molecule has 2 aliphatic rings. The Morgan fingerprint density at radius 3 is 1.39 bits per heavy atom. The zero-order chi connectivity index (χ0) is 25.3. The summed E-state index contributed by atoms with van der Waals surface area (Å²) in [6.45, 7) is 2.69. The predicted octanol–water partition coefficient (Wildman–Crippen LogP) is 5.32. The maximum atomic E-state index is 5.90. The van der Waals surface area contributed by atoms with Crippen LogP contribution in [0, 0.1) is 0 Å². The Labute approximate surface area is 217 Å². The molecule has 2 fully saturated rings. The third-order valence-electron chi connectivity index (χ3n) is 6.19. The van der Waals surface area contributed by atoms with Crippen LogP contribution in [-0.4, -0.2) is 53.6 Å². The summed E-state index contributed by atoms with van der Waals surface area (Å²) in [4.78, 5) is 12.6. The molecule has 0 bridgehead atoms. The first kappa shape index (κ1) is 22.7. The lowest BCUT2D eigenvalue weighted by atomic mass is 10.1. The first-order chi connectivity index (χ1) is 18.7. The van der Waals surface area contributed by atoms with Crippen molar-refractivity contribution < 1.29 is 28.4 Å². The van der Waals surface area contributed by atoms with Crippen molar-refractivity contribution in [3.63, 3.8) is 0 Å². The van der Waals surface area contributed by atoms with Gasteiger partial charge in [-0.3, -0.25) is 0 Å². The zero-order valence-electron chi connectivity index (χ0n) is 20.3. The lowest BCUT2D eigenvalue weighted by Gasteiger charge is -2.09. The number of nitrogens with zero attached hydrogens (tertiary/aromatic N) is 3. The predicted molar refractivity (Wildman–Crippen MR) is 138 cm³/mol. The van der Waals surface area contributed by atoms with Crippen LogP contribution in [0.3, 0.4) is 0 Å². The van der Waals surface area contributed by atoms with Gasteiger partial charge in [0.05, 0.1) is 13.2 Å². The third kappa shape index (κ3) is 5.44. The second-order valence-electron chi connectivity index (χ2n) is 9.13. The van der Waals surface area contributed by atoms with E-state index in [1.807, 2.05) is 72.8 Å². The molecule has 0 radical (unpaired) electrons. The largest absolute Gasteiger partial charge is 0.491 e. The number of epoxide rings is 2. The van der Waals surface area contributed by atoms with E-state index < -0.39 is 0 Å². The number of rotatable bonds is 10. The van der Waals surface area contributed by atoms with Crippen LogP contribution in [0.2, 0.25) is 0 Å². The van der Waals surface area contributed by atoms with Gasteiger partial charge in [-0.05, 0) is 70.1 Å². The van der Waals surface area contributed by atoms with Crippen LogP contribution < -0.4 is 18.9 Å². The molecule has 5 aromatic rings. The number of fused-ring (bicyclic) bond motifs is 2. The van der Waals surface area contributed by atoms with E-state index in [1.165, 1.54) is 6.33 Å². The van der Waals surface area contributed by atoms with Gasteiger partial charge < -0.3 is 28.4 Å². The summed E-state index contributed by atoms with van der Waals surface area (Å²) >= 11 is 0. The Kier molecular flexibility index (Phi) is 5.84. The molecule has 190 valence electrons. The van der Waals surface area contributed by atoms with E-state index in [2.05, 4.69) is 15.0 Å². The van der Waals surface area contributed by atoms with Gasteiger partial charge in [0.25, 0.3) is 0 Å². The first-order valence-corrected chi connectivity index (χ1v) is 12.3. The molecule has 0 spiro atoms. The highest BCUT2D eigenvalue weighted by Crippen LogP contribution is 2.30. The first-order valence-electron chi connectivity index (χ1n) is 12.3. The summed E-state index contributed by atoms with van der Waals surface area (Å²) in [5, 5.41) is 4.10. The van der Waals surface area contributed by atoms with Gasteiger partial charge in [0.2, 0.25) is 0 Å². The van der Waals surface area contributed by atoms with Crippen molar-refractivity contribution in [2.45, 2.75) is 12.2 Å². The van der Waals surface area contributed by atoms with E-state index in [1.54, 1.807) is 0 Å². The Bertz CT molecular complexity index is 1500. The summed E-state index contributed by atoms with van der Waals surface area (Å²) in [7, 11) is 0. The molecule has 7 rings (SSSR count). The van der Waals surface area contributed by atoms with Crippen LogP contribution in [-0.2, 0) is 9.47 Å². The molecule has 0 aliphatic carbocycles. The second-order valence-corrected chi connectivity index (χ2v) is 9.13.